The number of carbonyl (C=O) groups is 1. The van der Waals surface area contributed by atoms with Gasteiger partial charge in [-0.15, -0.1) is 0 Å². The van der Waals surface area contributed by atoms with Crippen LogP contribution in [0.4, 0.5) is 10.5 Å². The van der Waals surface area contributed by atoms with Gasteiger partial charge >= 0.3 is 6.09 Å². The van der Waals surface area contributed by atoms with E-state index < -0.39 is 18.0 Å². The van der Waals surface area contributed by atoms with Crippen molar-refractivity contribution in [3.63, 3.8) is 0 Å². The molecule has 0 aromatic carbocycles. The molecular weight excluding hydrogens is 324 g/mol. The second kappa shape index (κ2) is 6.65. The number of nitrogens with zero attached hydrogens (tertiary/aromatic N) is 1. The summed E-state index contributed by atoms with van der Waals surface area (Å²) in [6.45, 7) is 7.38. The fourth-order valence-corrected chi connectivity index (χ4v) is 2.59. The van der Waals surface area contributed by atoms with Gasteiger partial charge in [-0.05, 0) is 58.1 Å². The molecule has 2 aromatic rings. The number of hydrogen-bond acceptors (Lipinski definition) is 6. The van der Waals surface area contributed by atoms with Crippen LogP contribution >= 0.6 is 0 Å². The first-order chi connectivity index (χ1) is 11.8. The summed E-state index contributed by atoms with van der Waals surface area (Å²) >= 11 is 0. The van der Waals surface area contributed by atoms with Crippen molar-refractivity contribution in [2.75, 3.05) is 11.9 Å². The van der Waals surface area contributed by atoms with E-state index in [9.17, 15) is 9.90 Å². The second-order valence-electron chi connectivity index (χ2n) is 7.17. The van der Waals surface area contributed by atoms with Gasteiger partial charge in [-0.2, -0.15) is 0 Å². The number of aromatic nitrogens is 1. The number of furan rings is 1. The number of nitrogens with one attached hydrogen (secondary N) is 1. The molecule has 2 heterocycles. The molecular formula is C18H24N2O5. The molecule has 1 aliphatic carbocycles. The standard InChI is InChI=1S/C18H24N2O5/c1-5-23-16(21)15-14(20-17(22)25-18(2,3)4)13-12(24-15)8-11(9-19-13)10-6-7-10/h8-10,16,21H,5-7H2,1-4H3,(H,20,22). The molecule has 0 aliphatic heterocycles. The summed E-state index contributed by atoms with van der Waals surface area (Å²) in [6, 6.07) is 1.91. The molecule has 7 heteroatoms. The van der Waals surface area contributed by atoms with Crippen molar-refractivity contribution < 1.29 is 23.8 Å². The van der Waals surface area contributed by atoms with Gasteiger partial charge in [-0.3, -0.25) is 10.3 Å². The minimum absolute atomic E-state index is 0.114. The average molecular weight is 348 g/mol. The number of anilines is 1. The van der Waals surface area contributed by atoms with Crippen LogP contribution in [0.5, 0.6) is 0 Å². The van der Waals surface area contributed by atoms with E-state index in [4.69, 9.17) is 13.9 Å². The van der Waals surface area contributed by atoms with Crippen molar-refractivity contribution >= 4 is 22.9 Å². The minimum atomic E-state index is -1.30. The number of aliphatic hydroxyl groups is 1. The average Bonchev–Trinajstić information content (AvgIpc) is 3.29. The summed E-state index contributed by atoms with van der Waals surface area (Å²) in [5.41, 5.74) is 1.69. The van der Waals surface area contributed by atoms with Gasteiger partial charge in [-0.25, -0.2) is 4.79 Å². The topological polar surface area (TPSA) is 93.8 Å². The van der Waals surface area contributed by atoms with E-state index >= 15 is 0 Å². The zero-order valence-corrected chi connectivity index (χ0v) is 15.0. The van der Waals surface area contributed by atoms with E-state index in [0.29, 0.717) is 23.6 Å². The molecule has 3 rings (SSSR count). The Kier molecular flexibility index (Phi) is 4.71. The second-order valence-corrected chi connectivity index (χ2v) is 7.17. The maximum atomic E-state index is 12.2. The highest BCUT2D eigenvalue weighted by molar-refractivity contribution is 5.98. The summed E-state index contributed by atoms with van der Waals surface area (Å²) < 4.78 is 16.3. The highest BCUT2D eigenvalue weighted by Gasteiger charge is 2.28. The zero-order chi connectivity index (χ0) is 18.2. The van der Waals surface area contributed by atoms with Crippen molar-refractivity contribution in [3.8, 4) is 0 Å². The molecule has 2 N–H and O–H groups in total. The van der Waals surface area contributed by atoms with E-state index in [1.54, 1.807) is 33.9 Å². The minimum Gasteiger partial charge on any atom is -0.452 e. The van der Waals surface area contributed by atoms with Gasteiger partial charge < -0.3 is 19.0 Å². The van der Waals surface area contributed by atoms with Gasteiger partial charge in [0.15, 0.2) is 11.3 Å². The summed E-state index contributed by atoms with van der Waals surface area (Å²) in [7, 11) is 0. The first-order valence-electron chi connectivity index (χ1n) is 8.50. The van der Waals surface area contributed by atoms with Gasteiger partial charge in [0, 0.05) is 12.8 Å². The third-order valence-corrected chi connectivity index (χ3v) is 3.80. The molecule has 25 heavy (non-hydrogen) atoms. The molecule has 1 saturated carbocycles. The molecule has 1 aliphatic rings. The van der Waals surface area contributed by atoms with Crippen LogP contribution < -0.4 is 5.32 Å². The van der Waals surface area contributed by atoms with Gasteiger partial charge in [0.1, 0.15) is 16.8 Å². The molecule has 1 unspecified atom stereocenters. The summed E-state index contributed by atoms with van der Waals surface area (Å²) in [6.07, 6.45) is 2.13. The first kappa shape index (κ1) is 17.7. The fraction of sp³-hybridized carbons (Fsp3) is 0.556. The first-order valence-corrected chi connectivity index (χ1v) is 8.50. The summed E-state index contributed by atoms with van der Waals surface area (Å²) in [4.78, 5) is 16.6. The van der Waals surface area contributed by atoms with Gasteiger partial charge in [0.2, 0.25) is 6.29 Å². The number of carbonyl (C=O) groups excluding carboxylic acids is 1. The molecule has 0 radical (unpaired) electrons. The smallest absolute Gasteiger partial charge is 0.412 e. The molecule has 1 amide bonds. The van der Waals surface area contributed by atoms with Crippen LogP contribution in [0, 0.1) is 0 Å². The van der Waals surface area contributed by atoms with E-state index in [0.717, 1.165) is 18.4 Å². The van der Waals surface area contributed by atoms with Gasteiger partial charge in [0.25, 0.3) is 0 Å². The number of hydrogen-bond donors (Lipinski definition) is 2. The van der Waals surface area contributed by atoms with Crippen LogP contribution in [0.15, 0.2) is 16.7 Å². The van der Waals surface area contributed by atoms with Crippen LogP contribution in [0.2, 0.25) is 0 Å². The summed E-state index contributed by atoms with van der Waals surface area (Å²) in [5, 5.41) is 12.8. The number of ether oxygens (including phenoxy) is 2. The monoisotopic (exact) mass is 348 g/mol. The van der Waals surface area contributed by atoms with E-state index in [-0.39, 0.29) is 11.4 Å². The molecule has 0 bridgehead atoms. The van der Waals surface area contributed by atoms with Crippen molar-refractivity contribution in [2.45, 2.75) is 58.3 Å². The van der Waals surface area contributed by atoms with Crippen LogP contribution in [-0.4, -0.2) is 28.4 Å². The van der Waals surface area contributed by atoms with Crippen molar-refractivity contribution in [3.05, 3.63) is 23.6 Å². The molecule has 7 nitrogen and oxygen atoms in total. The van der Waals surface area contributed by atoms with Crippen LogP contribution in [0.1, 0.15) is 64.1 Å². The fourth-order valence-electron chi connectivity index (χ4n) is 2.59. The number of pyridine rings is 1. The molecule has 0 spiro atoms. The lowest BCUT2D eigenvalue weighted by atomic mass is 10.2. The maximum Gasteiger partial charge on any atom is 0.412 e. The van der Waals surface area contributed by atoms with E-state index in [2.05, 4.69) is 10.3 Å². The number of fused-ring (bicyclic) bond motifs is 1. The van der Waals surface area contributed by atoms with Gasteiger partial charge in [-0.1, -0.05) is 0 Å². The zero-order valence-electron chi connectivity index (χ0n) is 15.0. The quantitative estimate of drug-likeness (QED) is 0.791. The Labute approximate surface area is 146 Å². The third kappa shape index (κ3) is 4.11. The van der Waals surface area contributed by atoms with Crippen LogP contribution in [0.25, 0.3) is 11.1 Å². The Morgan fingerprint density at radius 3 is 2.80 bits per heavy atom. The van der Waals surface area contributed by atoms with Crippen molar-refractivity contribution in [1.82, 2.24) is 4.98 Å². The van der Waals surface area contributed by atoms with Crippen molar-refractivity contribution in [1.29, 1.82) is 0 Å². The number of amides is 1. The molecule has 0 saturated heterocycles. The van der Waals surface area contributed by atoms with Crippen LogP contribution in [-0.2, 0) is 9.47 Å². The molecule has 1 fully saturated rings. The third-order valence-electron chi connectivity index (χ3n) is 3.80. The predicted octanol–water partition coefficient (Wildman–Crippen LogP) is 4.08. The Morgan fingerprint density at radius 1 is 1.48 bits per heavy atom. The molecule has 2 aromatic heterocycles. The lowest BCUT2D eigenvalue weighted by molar-refractivity contribution is -0.109. The Hall–Kier alpha value is -2.12. The highest BCUT2D eigenvalue weighted by atomic mass is 16.6. The van der Waals surface area contributed by atoms with E-state index in [1.807, 2.05) is 6.07 Å². The predicted molar refractivity (Wildman–Crippen MR) is 92.4 cm³/mol. The lowest BCUT2D eigenvalue weighted by Gasteiger charge is -2.20. The number of rotatable bonds is 5. The summed E-state index contributed by atoms with van der Waals surface area (Å²) in [5.74, 6) is 0.632. The molecule has 1 atom stereocenters. The largest absolute Gasteiger partial charge is 0.452 e. The maximum absolute atomic E-state index is 12.2. The number of aliphatic hydroxyl groups excluding tert-OH is 1. The van der Waals surface area contributed by atoms with Crippen LogP contribution in [0.3, 0.4) is 0 Å². The Bertz CT molecular complexity index is 774. The Morgan fingerprint density at radius 2 is 2.20 bits per heavy atom. The highest BCUT2D eigenvalue weighted by Crippen LogP contribution is 2.42. The molecule has 136 valence electrons. The SMILES string of the molecule is CCOC(O)c1oc2cc(C3CC3)cnc2c1NC(=O)OC(C)(C)C. The Balaban J connectivity index is 1.97. The normalized spacial score (nSPS) is 16.0. The van der Waals surface area contributed by atoms with Gasteiger partial charge in [0.05, 0.1) is 0 Å². The van der Waals surface area contributed by atoms with E-state index in [1.165, 1.54) is 0 Å². The lowest BCUT2D eigenvalue weighted by Crippen LogP contribution is -2.27. The van der Waals surface area contributed by atoms with Crippen molar-refractivity contribution in [2.24, 2.45) is 0 Å².